The van der Waals surface area contributed by atoms with Crippen LogP contribution in [0.25, 0.3) is 0 Å². The Morgan fingerprint density at radius 3 is 2.25 bits per heavy atom. The fourth-order valence-corrected chi connectivity index (χ4v) is 3.39. The van der Waals surface area contributed by atoms with E-state index in [1.807, 2.05) is 31.2 Å². The molecular formula is C17H24O3. The van der Waals surface area contributed by atoms with Crippen molar-refractivity contribution < 1.29 is 14.6 Å². The Morgan fingerprint density at radius 1 is 1.05 bits per heavy atom. The molecule has 0 radical (unpaired) electrons. The normalized spacial score (nSPS) is 24.7. The first kappa shape index (κ1) is 14.1. The van der Waals surface area contributed by atoms with Crippen LogP contribution in [0.2, 0.25) is 0 Å². The van der Waals surface area contributed by atoms with E-state index in [1.54, 1.807) is 0 Å². The topological polar surface area (TPSA) is 38.7 Å². The molecule has 0 amide bonds. The Hall–Kier alpha value is -0.900. The van der Waals surface area contributed by atoms with Crippen LogP contribution in [0.15, 0.2) is 24.3 Å². The minimum absolute atomic E-state index is 0.331. The van der Waals surface area contributed by atoms with E-state index in [2.05, 4.69) is 0 Å². The van der Waals surface area contributed by atoms with Crippen LogP contribution in [0.4, 0.5) is 0 Å². The molecule has 1 aliphatic heterocycles. The lowest BCUT2D eigenvalue weighted by molar-refractivity contribution is -0.149. The van der Waals surface area contributed by atoms with Crippen LogP contribution in [-0.2, 0) is 15.3 Å². The van der Waals surface area contributed by atoms with Crippen molar-refractivity contribution in [2.24, 2.45) is 5.92 Å². The zero-order valence-electron chi connectivity index (χ0n) is 12.2. The van der Waals surface area contributed by atoms with Gasteiger partial charge in [-0.25, -0.2) is 0 Å². The van der Waals surface area contributed by atoms with Gasteiger partial charge < -0.3 is 14.6 Å². The van der Waals surface area contributed by atoms with E-state index in [-0.39, 0.29) is 6.10 Å². The van der Waals surface area contributed by atoms with Gasteiger partial charge in [0.2, 0.25) is 0 Å². The van der Waals surface area contributed by atoms with Crippen molar-refractivity contribution in [1.29, 1.82) is 0 Å². The van der Waals surface area contributed by atoms with Crippen molar-refractivity contribution in [3.8, 4) is 0 Å². The summed E-state index contributed by atoms with van der Waals surface area (Å²) in [5.74, 6) is -0.196. The van der Waals surface area contributed by atoms with E-state index in [9.17, 15) is 5.11 Å². The second kappa shape index (κ2) is 5.84. The Kier molecular flexibility index (Phi) is 4.11. The van der Waals surface area contributed by atoms with Gasteiger partial charge in [0.1, 0.15) is 0 Å². The van der Waals surface area contributed by atoms with Crippen molar-refractivity contribution in [2.45, 2.75) is 50.9 Å². The zero-order chi connectivity index (χ0) is 14.0. The van der Waals surface area contributed by atoms with Gasteiger partial charge in [-0.15, -0.1) is 0 Å². The highest BCUT2D eigenvalue weighted by Gasteiger charge is 2.33. The maximum Gasteiger partial charge on any atom is 0.192 e. The highest BCUT2D eigenvalue weighted by molar-refractivity contribution is 5.27. The highest BCUT2D eigenvalue weighted by atomic mass is 16.7. The summed E-state index contributed by atoms with van der Waals surface area (Å²) in [6, 6.07) is 8.08. The van der Waals surface area contributed by atoms with Crippen molar-refractivity contribution in [3.05, 3.63) is 35.4 Å². The number of aliphatic hydroxyl groups excluding tert-OH is 1. The first-order chi connectivity index (χ1) is 9.69. The molecule has 0 spiro atoms. The molecular weight excluding hydrogens is 252 g/mol. The van der Waals surface area contributed by atoms with Gasteiger partial charge in [0.15, 0.2) is 5.79 Å². The van der Waals surface area contributed by atoms with E-state index in [4.69, 9.17) is 9.47 Å². The minimum Gasteiger partial charge on any atom is -0.388 e. The number of hydrogen-bond donors (Lipinski definition) is 1. The second-order valence-electron chi connectivity index (χ2n) is 6.11. The first-order valence-corrected chi connectivity index (χ1v) is 7.75. The monoisotopic (exact) mass is 276 g/mol. The third-order valence-electron chi connectivity index (χ3n) is 4.71. The first-order valence-electron chi connectivity index (χ1n) is 7.75. The molecule has 2 fully saturated rings. The summed E-state index contributed by atoms with van der Waals surface area (Å²) < 4.78 is 11.3. The molecule has 20 heavy (non-hydrogen) atoms. The molecule has 0 aromatic heterocycles. The maximum absolute atomic E-state index is 10.5. The number of aliphatic hydroxyl groups is 1. The summed E-state index contributed by atoms with van der Waals surface area (Å²) in [7, 11) is 0. The van der Waals surface area contributed by atoms with Crippen molar-refractivity contribution >= 4 is 0 Å². The van der Waals surface area contributed by atoms with Gasteiger partial charge in [-0.1, -0.05) is 43.5 Å². The van der Waals surface area contributed by atoms with Gasteiger partial charge in [-0.3, -0.25) is 0 Å². The summed E-state index contributed by atoms with van der Waals surface area (Å²) in [6.07, 6.45) is 5.77. The minimum atomic E-state index is -0.617. The standard InChI is InChI=1S/C17H24O3/c1-17(19-11-12-20-17)15-9-7-14(8-10-15)16(18)13-5-3-2-4-6-13/h7-10,13,16,18H,2-6,11-12H2,1H3. The van der Waals surface area contributed by atoms with Crippen LogP contribution < -0.4 is 0 Å². The fourth-order valence-electron chi connectivity index (χ4n) is 3.39. The van der Waals surface area contributed by atoms with Gasteiger partial charge in [0.25, 0.3) is 0 Å². The van der Waals surface area contributed by atoms with E-state index in [1.165, 1.54) is 19.3 Å². The Labute approximate surface area is 120 Å². The third kappa shape index (κ3) is 2.76. The van der Waals surface area contributed by atoms with E-state index in [0.717, 1.165) is 24.0 Å². The average Bonchev–Trinajstić information content (AvgIpc) is 2.96. The molecule has 1 heterocycles. The van der Waals surface area contributed by atoms with Crippen molar-refractivity contribution in [2.75, 3.05) is 13.2 Å². The molecule has 1 unspecified atom stereocenters. The van der Waals surface area contributed by atoms with Gasteiger partial charge in [0, 0.05) is 5.56 Å². The van der Waals surface area contributed by atoms with Crippen LogP contribution in [0.1, 0.15) is 56.3 Å². The van der Waals surface area contributed by atoms with Gasteiger partial charge in [-0.05, 0) is 31.2 Å². The Morgan fingerprint density at radius 2 is 1.65 bits per heavy atom. The number of rotatable bonds is 3. The van der Waals surface area contributed by atoms with E-state index >= 15 is 0 Å². The van der Waals surface area contributed by atoms with Crippen molar-refractivity contribution in [1.82, 2.24) is 0 Å². The summed E-state index contributed by atoms with van der Waals surface area (Å²) in [6.45, 7) is 3.23. The molecule has 110 valence electrons. The molecule has 1 N–H and O–H groups in total. The fraction of sp³-hybridized carbons (Fsp3) is 0.647. The zero-order valence-corrected chi connectivity index (χ0v) is 12.2. The molecule has 2 aliphatic rings. The molecule has 1 saturated carbocycles. The quantitative estimate of drug-likeness (QED) is 0.918. The van der Waals surface area contributed by atoms with E-state index < -0.39 is 5.79 Å². The predicted molar refractivity (Wildman–Crippen MR) is 77.2 cm³/mol. The Bertz CT molecular complexity index is 428. The van der Waals surface area contributed by atoms with Gasteiger partial charge >= 0.3 is 0 Å². The smallest absolute Gasteiger partial charge is 0.192 e. The lowest BCUT2D eigenvalue weighted by Crippen LogP contribution is -2.22. The summed E-state index contributed by atoms with van der Waals surface area (Å²) in [5, 5.41) is 10.5. The van der Waals surface area contributed by atoms with Gasteiger partial charge in [0.05, 0.1) is 19.3 Å². The molecule has 3 nitrogen and oxygen atoms in total. The van der Waals surface area contributed by atoms with Crippen molar-refractivity contribution in [3.63, 3.8) is 0 Å². The SMILES string of the molecule is CC1(c2ccc(C(O)C3CCCCC3)cc2)OCCO1. The molecule has 3 rings (SSSR count). The van der Waals surface area contributed by atoms with Crippen LogP contribution >= 0.6 is 0 Å². The summed E-state index contributed by atoms with van der Waals surface area (Å²) >= 11 is 0. The van der Waals surface area contributed by atoms with Gasteiger partial charge in [-0.2, -0.15) is 0 Å². The number of benzene rings is 1. The molecule has 1 aliphatic carbocycles. The maximum atomic E-state index is 10.5. The number of hydrogen-bond acceptors (Lipinski definition) is 3. The van der Waals surface area contributed by atoms with E-state index in [0.29, 0.717) is 19.1 Å². The summed E-state index contributed by atoms with van der Waals surface area (Å²) in [4.78, 5) is 0. The average molecular weight is 276 g/mol. The highest BCUT2D eigenvalue weighted by Crippen LogP contribution is 2.36. The largest absolute Gasteiger partial charge is 0.388 e. The van der Waals surface area contributed by atoms with Crippen LogP contribution in [0.3, 0.4) is 0 Å². The lowest BCUT2D eigenvalue weighted by Gasteiger charge is -2.27. The van der Waals surface area contributed by atoms with Crippen LogP contribution in [0, 0.1) is 5.92 Å². The molecule has 1 atom stereocenters. The molecule has 1 aromatic carbocycles. The third-order valence-corrected chi connectivity index (χ3v) is 4.71. The van der Waals surface area contributed by atoms with Crippen LogP contribution in [-0.4, -0.2) is 18.3 Å². The molecule has 1 saturated heterocycles. The Balaban J connectivity index is 1.72. The molecule has 3 heteroatoms. The molecule has 1 aromatic rings. The molecule has 0 bridgehead atoms. The second-order valence-corrected chi connectivity index (χ2v) is 6.11. The van der Waals surface area contributed by atoms with Crippen LogP contribution in [0.5, 0.6) is 0 Å². The lowest BCUT2D eigenvalue weighted by atomic mass is 9.82. The predicted octanol–water partition coefficient (Wildman–Crippen LogP) is 3.52. The number of ether oxygens (including phenoxy) is 2. The summed E-state index contributed by atoms with van der Waals surface area (Å²) in [5.41, 5.74) is 2.04.